The number of aliphatic hydroxyl groups excluding tert-OH is 4. The number of hydrogen-bond donors (Lipinski definition) is 4. The van der Waals surface area contributed by atoms with Gasteiger partial charge in [-0.1, -0.05) is 147 Å². The molecule has 112 heavy (non-hydrogen) atoms. The van der Waals surface area contributed by atoms with Crippen LogP contribution in [0, 0.1) is 35.5 Å². The van der Waals surface area contributed by atoms with Crippen LogP contribution < -0.4 is 14.2 Å². The minimum Gasteiger partial charge on any atom is -0.491 e. The largest absolute Gasteiger partial charge is 0.491 e. The van der Waals surface area contributed by atoms with E-state index in [2.05, 4.69) is 63.3 Å². The molecule has 19 nitrogen and oxygen atoms in total. The van der Waals surface area contributed by atoms with Crippen molar-refractivity contribution in [3.05, 3.63) is 161 Å². The van der Waals surface area contributed by atoms with E-state index in [0.29, 0.717) is 105 Å². The van der Waals surface area contributed by atoms with Crippen molar-refractivity contribution in [3.63, 3.8) is 0 Å². The normalized spacial score (nSPS) is 28.8. The van der Waals surface area contributed by atoms with Gasteiger partial charge in [0.15, 0.2) is 33.5 Å². The molecular weight excluding hydrogens is 1510 g/mol. The molecule has 4 heterocycles. The molecule has 10 rings (SSSR count). The van der Waals surface area contributed by atoms with Gasteiger partial charge in [-0.2, -0.15) is 0 Å². The fourth-order valence-corrected chi connectivity index (χ4v) is 19.1. The SMILES string of the molecule is CCOC/C=C\C[C@@H]1[C@@H](/C=C/[C@@H](O)COc2cccc(Cl)c2)[C@H](O)C[C@@H]1O.CCOC/C=C\C[C@@H]1[C@@H](/C=C/[C@H](COc2cccc(Cl)c2)OC2CCCCO2)[C@H](OC2CCCCO2)C[C@@H]1O.CCOC/C=C\C[C@H]1C(O[Si](CC)(CC)CC)C[C@@H](OC2CCCCO2)[C@@H]1/C=C/[C@H](COc1cccc(Cl)c1)OC1CCCCO1. The summed E-state index contributed by atoms with van der Waals surface area (Å²) in [7, 11) is -1.86. The molecule has 3 aliphatic carbocycles. The van der Waals surface area contributed by atoms with E-state index in [-0.39, 0.29) is 97.8 Å². The predicted octanol–water partition coefficient (Wildman–Crippen LogP) is 18.2. The van der Waals surface area contributed by atoms with E-state index in [0.717, 1.165) is 140 Å². The van der Waals surface area contributed by atoms with E-state index in [9.17, 15) is 20.4 Å². The van der Waals surface area contributed by atoms with E-state index in [1.165, 1.54) is 0 Å². The summed E-state index contributed by atoms with van der Waals surface area (Å²) in [5, 5.41) is 43.5. The zero-order chi connectivity index (χ0) is 79.6. The molecule has 3 aromatic rings. The van der Waals surface area contributed by atoms with Gasteiger partial charge in [-0.25, -0.2) is 0 Å². The Morgan fingerprint density at radius 2 is 0.812 bits per heavy atom. The van der Waals surface area contributed by atoms with Gasteiger partial charge in [-0.05, 0) is 214 Å². The first-order chi connectivity index (χ1) is 54.6. The van der Waals surface area contributed by atoms with E-state index in [1.807, 2.05) is 81.5 Å². The van der Waals surface area contributed by atoms with Gasteiger partial charge in [0.25, 0.3) is 0 Å². The van der Waals surface area contributed by atoms with Crippen LogP contribution in [-0.2, 0) is 56.5 Å². The maximum absolute atomic E-state index is 11.1. The number of halogens is 3. The summed E-state index contributed by atoms with van der Waals surface area (Å²) >= 11 is 18.3. The Labute approximate surface area is 685 Å². The fourth-order valence-electron chi connectivity index (χ4n) is 15.7. The minimum absolute atomic E-state index is 0.00631. The number of aliphatic hydroxyl groups is 4. The molecule has 23 heteroatoms. The van der Waals surface area contributed by atoms with Gasteiger partial charge in [0.2, 0.25) is 0 Å². The van der Waals surface area contributed by atoms with E-state index in [4.69, 9.17) is 106 Å². The van der Waals surface area contributed by atoms with Crippen LogP contribution in [0.15, 0.2) is 146 Å². The lowest BCUT2D eigenvalue weighted by molar-refractivity contribution is -0.193. The molecular formula is C89H133Cl3O19Si. The first kappa shape index (κ1) is 93.4. The Morgan fingerprint density at radius 3 is 1.22 bits per heavy atom. The summed E-state index contributed by atoms with van der Waals surface area (Å²) in [5.74, 6) is 2.13. The summed E-state index contributed by atoms with van der Waals surface area (Å²) in [6.45, 7) is 20.4. The quantitative estimate of drug-likeness (QED) is 0.0235. The second kappa shape index (κ2) is 53.4. The second-order valence-electron chi connectivity index (χ2n) is 30.0. The van der Waals surface area contributed by atoms with Gasteiger partial charge in [-0.15, -0.1) is 0 Å². The molecule has 4 saturated heterocycles. The molecule has 4 N–H and O–H groups in total. The Balaban J connectivity index is 0.000000218. The maximum atomic E-state index is 11.1. The first-order valence-corrected chi connectivity index (χ1v) is 45.6. The van der Waals surface area contributed by atoms with Crippen molar-refractivity contribution in [1.82, 2.24) is 0 Å². The Kier molecular flexibility index (Phi) is 44.5. The molecule has 0 amide bonds. The molecule has 19 atom stereocenters. The van der Waals surface area contributed by atoms with Crippen LogP contribution in [0.4, 0.5) is 0 Å². The standard InChI is InChI=1S/C37H59ClO7Si.C31H45ClO7.C21H29ClO5/c1-5-39-23-12-9-18-32-33(34(44-37-20-11-14-25-41-37)27-35(32)45-46(6-2,7-3)8-4)22-21-31(43-36-19-10-13-24-40-36)28-42-30-17-15-16-29(38)26-30;1-2-34-17-6-3-12-26-27(29(21-28(26)33)39-31-14-5-8-19-36-31)16-15-25(38-30-13-4-7-18-35-30)22-37-24-11-9-10-23(32)20-24;1-2-26-11-4-3-8-18-19(21(25)13-20(18)24)10-9-16(23)14-27-17-7-5-6-15(22)12-17/h9,12,15-17,21-22,26,31-37H,5-8,10-11,13-14,18-20,23-25,27-28H2,1-4H3;3,6,9-11,15-16,20,25-31,33H,2,4-5,7-8,12-14,17-19,21-22H2,1H3;3-7,9-10,12,16,18-21,23-25H,2,8,11,13-14H2,1H3/b12-9-,22-21+;6-3-,16-15+;4-3-,10-9+/t31-,32-,33-,34-,35?,36?,37?;25-,26-,27-,28+,29-,30?,31?;16-,18-,19-,20+,21-/m111/s1. The second-order valence-corrected chi connectivity index (χ2v) is 36.1. The summed E-state index contributed by atoms with van der Waals surface area (Å²) < 4.78 is 91.3. The molecule has 0 bridgehead atoms. The summed E-state index contributed by atoms with van der Waals surface area (Å²) in [4.78, 5) is 0. The van der Waals surface area contributed by atoms with Crippen molar-refractivity contribution in [2.24, 2.45) is 35.5 Å². The van der Waals surface area contributed by atoms with Crippen LogP contribution in [-0.4, -0.2) is 195 Å². The highest BCUT2D eigenvalue weighted by molar-refractivity contribution is 6.73. The summed E-state index contributed by atoms with van der Waals surface area (Å²) in [6, 6.07) is 25.2. The topological polar surface area (TPSA) is 219 Å². The van der Waals surface area contributed by atoms with Gasteiger partial charge >= 0.3 is 0 Å². The van der Waals surface area contributed by atoms with Gasteiger partial charge in [0.05, 0.1) is 56.4 Å². The van der Waals surface area contributed by atoms with Crippen molar-refractivity contribution in [3.8, 4) is 17.2 Å². The van der Waals surface area contributed by atoms with Crippen LogP contribution >= 0.6 is 34.8 Å². The van der Waals surface area contributed by atoms with Crippen LogP contribution in [0.25, 0.3) is 0 Å². The molecule has 3 saturated carbocycles. The number of hydrogen-bond acceptors (Lipinski definition) is 19. The van der Waals surface area contributed by atoms with Crippen LogP contribution in [0.5, 0.6) is 17.2 Å². The first-order valence-electron chi connectivity index (χ1n) is 42.0. The third kappa shape index (κ3) is 33.4. The lowest BCUT2D eigenvalue weighted by atomic mass is 9.89. The lowest BCUT2D eigenvalue weighted by Gasteiger charge is -2.34. The average molecular weight is 1640 g/mol. The van der Waals surface area contributed by atoms with Crippen LogP contribution in [0.1, 0.15) is 157 Å². The molecule has 7 fully saturated rings. The molecule has 5 unspecified atom stereocenters. The van der Waals surface area contributed by atoms with Crippen molar-refractivity contribution in [2.75, 3.05) is 85.9 Å². The zero-order valence-corrected chi connectivity index (χ0v) is 70.7. The van der Waals surface area contributed by atoms with Crippen LogP contribution in [0.3, 0.4) is 0 Å². The highest BCUT2D eigenvalue weighted by Crippen LogP contribution is 2.45. The smallest absolute Gasteiger partial charge is 0.192 e. The van der Waals surface area contributed by atoms with Crippen molar-refractivity contribution in [2.45, 2.75) is 255 Å². The predicted molar refractivity (Wildman–Crippen MR) is 444 cm³/mol. The number of ether oxygens (including phenoxy) is 14. The zero-order valence-electron chi connectivity index (χ0n) is 67.4. The molecule has 3 aromatic carbocycles. The van der Waals surface area contributed by atoms with Gasteiger partial charge < -0.3 is 91.2 Å². The maximum Gasteiger partial charge on any atom is 0.192 e. The van der Waals surface area contributed by atoms with E-state index < -0.39 is 32.7 Å². The summed E-state index contributed by atoms with van der Waals surface area (Å²) in [6.07, 6.45) is 36.9. The fraction of sp³-hybridized carbons (Fsp3) is 0.663. The minimum atomic E-state index is -1.86. The monoisotopic (exact) mass is 1640 g/mol. The van der Waals surface area contributed by atoms with E-state index in [1.54, 1.807) is 42.5 Å². The Hall–Kier alpha value is -4.05. The molecule has 0 aromatic heterocycles. The molecule has 0 radical (unpaired) electrons. The van der Waals surface area contributed by atoms with Gasteiger partial charge in [0, 0.05) is 91.9 Å². The lowest BCUT2D eigenvalue weighted by Crippen LogP contribution is -2.41. The third-order valence-electron chi connectivity index (χ3n) is 22.1. The highest BCUT2D eigenvalue weighted by atomic mass is 35.5. The Morgan fingerprint density at radius 1 is 0.429 bits per heavy atom. The highest BCUT2D eigenvalue weighted by Gasteiger charge is 2.48. The van der Waals surface area contributed by atoms with Crippen molar-refractivity contribution >= 4 is 43.1 Å². The molecule has 628 valence electrons. The number of rotatable bonds is 43. The van der Waals surface area contributed by atoms with Crippen molar-refractivity contribution in [1.29, 1.82) is 0 Å². The van der Waals surface area contributed by atoms with Gasteiger partial charge in [0.1, 0.15) is 55.4 Å². The average Bonchev–Trinajstić information content (AvgIpc) is 1.66. The summed E-state index contributed by atoms with van der Waals surface area (Å²) in [5.41, 5.74) is 0. The number of benzene rings is 3. The van der Waals surface area contributed by atoms with Gasteiger partial charge in [-0.3, -0.25) is 0 Å². The molecule has 0 spiro atoms. The van der Waals surface area contributed by atoms with Crippen LogP contribution in [0.2, 0.25) is 33.2 Å². The third-order valence-corrected chi connectivity index (χ3v) is 27.5. The molecule has 4 aliphatic heterocycles. The number of allylic oxidation sites excluding steroid dienone is 3. The van der Waals surface area contributed by atoms with Crippen molar-refractivity contribution < 1.29 is 91.2 Å². The molecule has 7 aliphatic rings. The Bertz CT molecular complexity index is 3180. The van der Waals surface area contributed by atoms with E-state index >= 15 is 0 Å².